The van der Waals surface area contributed by atoms with Crippen molar-refractivity contribution in [1.29, 1.82) is 0 Å². The lowest BCUT2D eigenvalue weighted by Crippen LogP contribution is -2.22. The van der Waals surface area contributed by atoms with Crippen LogP contribution in [0.4, 0.5) is 8.78 Å². The minimum Gasteiger partial charge on any atom is -0.465 e. The number of methoxy groups -OCH3 is 1. The van der Waals surface area contributed by atoms with E-state index in [4.69, 9.17) is 0 Å². The zero-order valence-corrected chi connectivity index (χ0v) is 9.85. The van der Waals surface area contributed by atoms with Crippen molar-refractivity contribution in [2.75, 3.05) is 7.11 Å². The zero-order chi connectivity index (χ0) is 13.2. The molecule has 0 radical (unpaired) electrons. The summed E-state index contributed by atoms with van der Waals surface area (Å²) in [4.78, 5) is 22.4. The van der Waals surface area contributed by atoms with Crippen molar-refractivity contribution < 1.29 is 23.1 Å². The molecule has 92 valence electrons. The van der Waals surface area contributed by atoms with Gasteiger partial charge in [0.25, 0.3) is 0 Å². The fourth-order valence-electron chi connectivity index (χ4n) is 1.32. The molecule has 0 saturated carbocycles. The molecule has 1 aromatic rings. The van der Waals surface area contributed by atoms with E-state index in [0.717, 1.165) is 6.07 Å². The molecular formula is C11H9ClF2O3. The third-order valence-electron chi connectivity index (χ3n) is 2.15. The maximum atomic E-state index is 12.6. The molecule has 1 aromatic carbocycles. The quantitative estimate of drug-likeness (QED) is 0.478. The fraction of sp³-hybridized carbons (Fsp3) is 0.273. The molecule has 0 amide bonds. The number of halogens is 3. The highest BCUT2D eigenvalue weighted by atomic mass is 35.5. The van der Waals surface area contributed by atoms with Crippen LogP contribution >= 0.6 is 11.6 Å². The summed E-state index contributed by atoms with van der Waals surface area (Å²) in [7, 11) is 1.20. The van der Waals surface area contributed by atoms with Crippen molar-refractivity contribution in [3.8, 4) is 0 Å². The molecule has 0 N–H and O–H groups in total. The standard InChI is InChI=1S/C11H9ClF2O3/c1-6-5-7(10(16)17-2)3-4-8(6)9(15)11(12,13)14/h3-5H,1-2H3. The predicted molar refractivity (Wildman–Crippen MR) is 57.6 cm³/mol. The number of ketones is 1. The minimum atomic E-state index is -3.95. The van der Waals surface area contributed by atoms with Crippen molar-refractivity contribution in [2.45, 2.75) is 12.3 Å². The van der Waals surface area contributed by atoms with E-state index in [1.807, 2.05) is 0 Å². The van der Waals surface area contributed by atoms with Crippen LogP contribution in [0.25, 0.3) is 0 Å². The number of carbonyl (C=O) groups excluding carboxylic acids is 2. The summed E-state index contributed by atoms with van der Waals surface area (Å²) in [6, 6.07) is 3.65. The van der Waals surface area contributed by atoms with E-state index >= 15 is 0 Å². The summed E-state index contributed by atoms with van der Waals surface area (Å²) >= 11 is 4.65. The van der Waals surface area contributed by atoms with E-state index in [9.17, 15) is 18.4 Å². The third-order valence-corrected chi connectivity index (χ3v) is 2.32. The Hall–Kier alpha value is -1.49. The van der Waals surface area contributed by atoms with Crippen molar-refractivity contribution in [3.05, 3.63) is 34.9 Å². The van der Waals surface area contributed by atoms with Gasteiger partial charge in [-0.05, 0) is 42.3 Å². The second kappa shape index (κ2) is 4.79. The summed E-state index contributed by atoms with van der Waals surface area (Å²) in [5.74, 6) is -2.10. The largest absolute Gasteiger partial charge is 0.465 e. The fourth-order valence-corrected chi connectivity index (χ4v) is 1.42. The van der Waals surface area contributed by atoms with Gasteiger partial charge in [0.05, 0.1) is 12.7 Å². The number of esters is 1. The number of Topliss-reactive ketones (excluding diaryl/α,β-unsaturated/α-hetero) is 1. The molecular weight excluding hydrogens is 254 g/mol. The highest BCUT2D eigenvalue weighted by Gasteiger charge is 2.37. The summed E-state index contributed by atoms with van der Waals surface area (Å²) in [5, 5.41) is -3.95. The number of hydrogen-bond donors (Lipinski definition) is 0. The normalized spacial score (nSPS) is 11.1. The number of rotatable bonds is 3. The van der Waals surface area contributed by atoms with Crippen LogP contribution in [-0.4, -0.2) is 24.2 Å². The predicted octanol–water partition coefficient (Wildman–Crippen LogP) is 2.80. The smallest absolute Gasteiger partial charge is 0.384 e. The van der Waals surface area contributed by atoms with E-state index in [0.29, 0.717) is 0 Å². The number of alkyl halides is 3. The molecule has 6 heteroatoms. The van der Waals surface area contributed by atoms with Crippen molar-refractivity contribution >= 4 is 23.4 Å². The highest BCUT2D eigenvalue weighted by molar-refractivity contribution is 6.35. The maximum Gasteiger partial charge on any atom is 0.384 e. The van der Waals surface area contributed by atoms with Gasteiger partial charge >= 0.3 is 11.4 Å². The van der Waals surface area contributed by atoms with Crippen molar-refractivity contribution in [3.63, 3.8) is 0 Å². The average Bonchev–Trinajstić information content (AvgIpc) is 2.25. The molecule has 0 aliphatic heterocycles. The van der Waals surface area contributed by atoms with Crippen LogP contribution in [-0.2, 0) is 4.74 Å². The summed E-state index contributed by atoms with van der Waals surface area (Å²) in [6.07, 6.45) is 0. The molecule has 0 aliphatic rings. The van der Waals surface area contributed by atoms with Gasteiger partial charge < -0.3 is 4.74 Å². The van der Waals surface area contributed by atoms with E-state index in [1.165, 1.54) is 26.2 Å². The number of benzene rings is 1. The summed E-state index contributed by atoms with van der Waals surface area (Å²) in [6.45, 7) is 1.43. The Balaban J connectivity index is 3.15. The van der Waals surface area contributed by atoms with Gasteiger partial charge in [-0.3, -0.25) is 4.79 Å². The van der Waals surface area contributed by atoms with E-state index < -0.39 is 17.1 Å². The van der Waals surface area contributed by atoms with Gasteiger partial charge in [0.15, 0.2) is 0 Å². The Bertz CT molecular complexity index is 466. The Labute approximate surface area is 101 Å². The average molecular weight is 263 g/mol. The van der Waals surface area contributed by atoms with Gasteiger partial charge in [-0.15, -0.1) is 0 Å². The Kier molecular flexibility index (Phi) is 3.83. The summed E-state index contributed by atoms with van der Waals surface area (Å²) < 4.78 is 29.7. The number of aryl methyl sites for hydroxylation is 1. The molecule has 0 unspecified atom stereocenters. The third kappa shape index (κ3) is 3.00. The lowest BCUT2D eigenvalue weighted by molar-refractivity contribution is 0.0534. The van der Waals surface area contributed by atoms with Crippen LogP contribution < -0.4 is 0 Å². The number of carbonyl (C=O) groups is 2. The van der Waals surface area contributed by atoms with Crippen molar-refractivity contribution in [1.82, 2.24) is 0 Å². The molecule has 0 spiro atoms. The second-order valence-corrected chi connectivity index (χ2v) is 3.82. The van der Waals surface area contributed by atoms with Crippen molar-refractivity contribution in [2.24, 2.45) is 0 Å². The topological polar surface area (TPSA) is 43.4 Å². The Morgan fingerprint density at radius 1 is 1.35 bits per heavy atom. The SMILES string of the molecule is COC(=O)c1ccc(C(=O)C(F)(F)Cl)c(C)c1. The van der Waals surface area contributed by atoms with E-state index in [1.54, 1.807) is 0 Å². The zero-order valence-electron chi connectivity index (χ0n) is 9.09. The van der Waals surface area contributed by atoms with Gasteiger partial charge in [-0.1, -0.05) is 0 Å². The van der Waals surface area contributed by atoms with Crippen LogP contribution in [0.3, 0.4) is 0 Å². The minimum absolute atomic E-state index is 0.180. The second-order valence-electron chi connectivity index (χ2n) is 3.35. The van der Waals surface area contributed by atoms with Crippen LogP contribution in [0, 0.1) is 6.92 Å². The molecule has 0 bridgehead atoms. The first kappa shape index (κ1) is 13.6. The lowest BCUT2D eigenvalue weighted by Gasteiger charge is -2.10. The van der Waals surface area contributed by atoms with Crippen LogP contribution in [0.1, 0.15) is 26.3 Å². The van der Waals surface area contributed by atoms with Gasteiger partial charge in [0.2, 0.25) is 5.78 Å². The molecule has 0 aromatic heterocycles. The summed E-state index contributed by atoms with van der Waals surface area (Å²) in [5.41, 5.74) is 0.190. The number of hydrogen-bond acceptors (Lipinski definition) is 3. The van der Waals surface area contributed by atoms with Crippen LogP contribution in [0.5, 0.6) is 0 Å². The first-order valence-electron chi connectivity index (χ1n) is 4.58. The molecule has 0 atom stereocenters. The van der Waals surface area contributed by atoms with Gasteiger partial charge in [0, 0.05) is 5.56 Å². The van der Waals surface area contributed by atoms with Gasteiger partial charge in [-0.25, -0.2) is 4.79 Å². The van der Waals surface area contributed by atoms with E-state index in [2.05, 4.69) is 16.3 Å². The monoisotopic (exact) mass is 262 g/mol. The molecule has 0 aliphatic carbocycles. The molecule has 0 fully saturated rings. The Morgan fingerprint density at radius 3 is 2.35 bits per heavy atom. The van der Waals surface area contributed by atoms with E-state index in [-0.39, 0.29) is 16.7 Å². The molecule has 0 saturated heterocycles. The molecule has 1 rings (SSSR count). The molecule has 17 heavy (non-hydrogen) atoms. The van der Waals surface area contributed by atoms with Crippen LogP contribution in [0.2, 0.25) is 0 Å². The maximum absolute atomic E-state index is 12.6. The van der Waals surface area contributed by atoms with Gasteiger partial charge in [-0.2, -0.15) is 8.78 Å². The lowest BCUT2D eigenvalue weighted by atomic mass is 10.0. The van der Waals surface area contributed by atoms with Gasteiger partial charge in [0.1, 0.15) is 0 Å². The number of ether oxygens (including phenoxy) is 1. The first-order chi connectivity index (χ1) is 7.77. The van der Waals surface area contributed by atoms with Crippen LogP contribution in [0.15, 0.2) is 18.2 Å². The molecule has 0 heterocycles. The first-order valence-corrected chi connectivity index (χ1v) is 4.95. The Morgan fingerprint density at radius 2 is 1.94 bits per heavy atom. The highest BCUT2D eigenvalue weighted by Crippen LogP contribution is 2.26. The molecule has 3 nitrogen and oxygen atoms in total.